The molecule has 1 unspecified atom stereocenters. The molecule has 0 aliphatic heterocycles. The molecule has 2 aromatic heterocycles. The number of nitrogens with one attached hydrogen (secondary N) is 1. The molecule has 1 N–H and O–H groups in total. The highest BCUT2D eigenvalue weighted by molar-refractivity contribution is 7.10. The van der Waals surface area contributed by atoms with Crippen LogP contribution >= 0.6 is 11.3 Å². The summed E-state index contributed by atoms with van der Waals surface area (Å²) in [5.74, 6) is 0.243. The van der Waals surface area contributed by atoms with Crippen LogP contribution in [-0.4, -0.2) is 9.97 Å². The van der Waals surface area contributed by atoms with Crippen LogP contribution in [0.4, 0.5) is 10.2 Å². The van der Waals surface area contributed by atoms with E-state index in [-0.39, 0.29) is 17.7 Å². The zero-order valence-corrected chi connectivity index (χ0v) is 11.5. The van der Waals surface area contributed by atoms with Gasteiger partial charge in [-0.05, 0) is 24.3 Å². The summed E-state index contributed by atoms with van der Waals surface area (Å²) >= 11 is 1.66. The molecule has 0 fully saturated rings. The van der Waals surface area contributed by atoms with Gasteiger partial charge in [-0.2, -0.15) is 0 Å². The Bertz CT molecular complexity index is 511. The molecule has 18 heavy (non-hydrogen) atoms. The van der Waals surface area contributed by atoms with Gasteiger partial charge < -0.3 is 5.32 Å². The molecule has 0 aliphatic carbocycles. The highest BCUT2D eigenvalue weighted by Crippen LogP contribution is 2.29. The Kier molecular flexibility index (Phi) is 3.91. The maximum absolute atomic E-state index is 13.9. The fourth-order valence-corrected chi connectivity index (χ4v) is 2.69. The summed E-state index contributed by atoms with van der Waals surface area (Å²) < 4.78 is 13.9. The third-order valence-electron chi connectivity index (χ3n) is 2.77. The molecule has 0 saturated heterocycles. The predicted molar refractivity (Wildman–Crippen MR) is 72.2 cm³/mol. The molecule has 2 aromatic rings. The summed E-state index contributed by atoms with van der Waals surface area (Å²) in [5, 5.41) is 5.20. The first-order chi connectivity index (χ1) is 8.59. The number of aromatic nitrogens is 2. The average molecular weight is 265 g/mol. The Hall–Kier alpha value is -1.49. The predicted octanol–water partition coefficient (Wildman–Crippen LogP) is 3.79. The lowest BCUT2D eigenvalue weighted by Gasteiger charge is -2.22. The molecule has 2 rings (SSSR count). The standard InChI is InChI=1S/C13H16FN3S/c1-8(2)12(10-5-4-6-18-10)17-13-11(14)9(3)15-7-16-13/h4-8,12H,1-3H3,(H,15,16,17). The SMILES string of the molecule is Cc1ncnc(NC(c2cccs2)C(C)C)c1F. The number of anilines is 1. The number of halogens is 1. The minimum atomic E-state index is -0.375. The van der Waals surface area contributed by atoms with E-state index in [1.807, 2.05) is 17.5 Å². The molecule has 0 aromatic carbocycles. The molecular formula is C13H16FN3S. The molecule has 5 heteroatoms. The van der Waals surface area contributed by atoms with Gasteiger partial charge in [-0.15, -0.1) is 11.3 Å². The van der Waals surface area contributed by atoms with Crippen LogP contribution in [-0.2, 0) is 0 Å². The maximum atomic E-state index is 13.9. The van der Waals surface area contributed by atoms with Gasteiger partial charge in [0, 0.05) is 4.88 Å². The maximum Gasteiger partial charge on any atom is 0.186 e. The lowest BCUT2D eigenvalue weighted by Crippen LogP contribution is -2.17. The highest BCUT2D eigenvalue weighted by Gasteiger charge is 2.19. The van der Waals surface area contributed by atoms with Crippen molar-refractivity contribution in [3.63, 3.8) is 0 Å². The topological polar surface area (TPSA) is 37.8 Å². The first-order valence-electron chi connectivity index (χ1n) is 5.86. The van der Waals surface area contributed by atoms with E-state index in [0.29, 0.717) is 11.6 Å². The first-order valence-corrected chi connectivity index (χ1v) is 6.74. The van der Waals surface area contributed by atoms with Crippen LogP contribution in [0.1, 0.15) is 30.5 Å². The summed E-state index contributed by atoms with van der Waals surface area (Å²) in [5.41, 5.74) is 0.362. The van der Waals surface area contributed by atoms with Gasteiger partial charge in [-0.3, -0.25) is 0 Å². The van der Waals surface area contributed by atoms with Crippen LogP contribution in [0.3, 0.4) is 0 Å². The van der Waals surface area contributed by atoms with Crippen LogP contribution in [0.5, 0.6) is 0 Å². The molecule has 96 valence electrons. The van der Waals surface area contributed by atoms with Crippen molar-refractivity contribution in [2.24, 2.45) is 5.92 Å². The molecule has 2 heterocycles. The fraction of sp³-hybridized carbons (Fsp3) is 0.385. The summed E-state index contributed by atoms with van der Waals surface area (Å²) in [6.07, 6.45) is 1.38. The molecule has 0 spiro atoms. The van der Waals surface area contributed by atoms with Crippen molar-refractivity contribution >= 4 is 17.2 Å². The van der Waals surface area contributed by atoms with E-state index in [1.165, 1.54) is 11.2 Å². The summed E-state index contributed by atoms with van der Waals surface area (Å²) in [7, 11) is 0. The zero-order chi connectivity index (χ0) is 13.1. The number of hydrogen-bond acceptors (Lipinski definition) is 4. The number of thiophene rings is 1. The normalized spacial score (nSPS) is 12.7. The molecular weight excluding hydrogens is 249 g/mol. The van der Waals surface area contributed by atoms with Gasteiger partial charge in [-0.1, -0.05) is 19.9 Å². The van der Waals surface area contributed by atoms with E-state index in [0.717, 1.165) is 0 Å². The monoisotopic (exact) mass is 265 g/mol. The van der Waals surface area contributed by atoms with Crippen molar-refractivity contribution in [2.45, 2.75) is 26.8 Å². The van der Waals surface area contributed by atoms with Crippen molar-refractivity contribution < 1.29 is 4.39 Å². The molecule has 0 radical (unpaired) electrons. The largest absolute Gasteiger partial charge is 0.360 e. The molecule has 0 amide bonds. The van der Waals surface area contributed by atoms with Gasteiger partial charge in [0.2, 0.25) is 0 Å². The fourth-order valence-electron chi connectivity index (χ4n) is 1.74. The summed E-state index contributed by atoms with van der Waals surface area (Å²) in [6, 6.07) is 4.11. The molecule has 3 nitrogen and oxygen atoms in total. The summed E-state index contributed by atoms with van der Waals surface area (Å²) in [4.78, 5) is 8.99. The molecule has 0 saturated carbocycles. The molecule has 0 aliphatic rings. The third-order valence-corrected chi connectivity index (χ3v) is 3.73. The second-order valence-electron chi connectivity index (χ2n) is 4.50. The highest BCUT2D eigenvalue weighted by atomic mass is 32.1. The average Bonchev–Trinajstić information content (AvgIpc) is 2.84. The van der Waals surface area contributed by atoms with E-state index in [9.17, 15) is 4.39 Å². The second kappa shape index (κ2) is 5.44. The molecule has 0 bridgehead atoms. The number of nitrogens with zero attached hydrogens (tertiary/aromatic N) is 2. The van der Waals surface area contributed by atoms with Crippen molar-refractivity contribution in [3.8, 4) is 0 Å². The Morgan fingerprint density at radius 1 is 1.33 bits per heavy atom. The lowest BCUT2D eigenvalue weighted by atomic mass is 10.0. The number of aryl methyl sites for hydroxylation is 1. The quantitative estimate of drug-likeness (QED) is 0.913. The van der Waals surface area contributed by atoms with Crippen LogP contribution in [0.15, 0.2) is 23.8 Å². The van der Waals surface area contributed by atoms with Crippen molar-refractivity contribution in [1.29, 1.82) is 0 Å². The zero-order valence-electron chi connectivity index (χ0n) is 10.6. The second-order valence-corrected chi connectivity index (χ2v) is 5.48. The van der Waals surface area contributed by atoms with Crippen molar-refractivity contribution in [1.82, 2.24) is 9.97 Å². The van der Waals surface area contributed by atoms with Crippen molar-refractivity contribution in [2.75, 3.05) is 5.32 Å². The van der Waals surface area contributed by atoms with Crippen LogP contribution in [0, 0.1) is 18.7 Å². The Morgan fingerprint density at radius 2 is 2.11 bits per heavy atom. The van der Waals surface area contributed by atoms with Gasteiger partial charge in [0.25, 0.3) is 0 Å². The Balaban J connectivity index is 2.27. The minimum Gasteiger partial charge on any atom is -0.360 e. The Labute approximate surface area is 110 Å². The van der Waals surface area contributed by atoms with Crippen molar-refractivity contribution in [3.05, 3.63) is 40.2 Å². The smallest absolute Gasteiger partial charge is 0.186 e. The van der Waals surface area contributed by atoms with Crippen LogP contribution in [0.2, 0.25) is 0 Å². The van der Waals surface area contributed by atoms with Crippen LogP contribution in [0.25, 0.3) is 0 Å². The number of hydrogen-bond donors (Lipinski definition) is 1. The Morgan fingerprint density at radius 3 is 2.72 bits per heavy atom. The third kappa shape index (κ3) is 2.67. The first kappa shape index (κ1) is 13.0. The van der Waals surface area contributed by atoms with E-state index >= 15 is 0 Å². The van der Waals surface area contributed by atoms with Gasteiger partial charge in [0.1, 0.15) is 6.33 Å². The van der Waals surface area contributed by atoms with Crippen LogP contribution < -0.4 is 5.32 Å². The lowest BCUT2D eigenvalue weighted by molar-refractivity contribution is 0.540. The minimum absolute atomic E-state index is 0.0637. The van der Waals surface area contributed by atoms with Gasteiger partial charge in [0.15, 0.2) is 11.6 Å². The van der Waals surface area contributed by atoms with Gasteiger partial charge in [0.05, 0.1) is 11.7 Å². The van der Waals surface area contributed by atoms with E-state index in [1.54, 1.807) is 18.3 Å². The van der Waals surface area contributed by atoms with E-state index < -0.39 is 0 Å². The van der Waals surface area contributed by atoms with Gasteiger partial charge in [-0.25, -0.2) is 14.4 Å². The van der Waals surface area contributed by atoms with Gasteiger partial charge >= 0.3 is 0 Å². The number of rotatable bonds is 4. The van der Waals surface area contributed by atoms with E-state index in [4.69, 9.17) is 0 Å². The summed E-state index contributed by atoms with van der Waals surface area (Å²) in [6.45, 7) is 5.84. The molecule has 1 atom stereocenters. The van der Waals surface area contributed by atoms with E-state index in [2.05, 4.69) is 29.1 Å².